The zero-order chi connectivity index (χ0) is 17.7. The van der Waals surface area contributed by atoms with Gasteiger partial charge in [0.25, 0.3) is 5.91 Å². The molecule has 0 bridgehead atoms. The average molecular weight is 380 g/mol. The standard InChI is InChI=1S/C16H20F3N3O2.ClH/c1-20-8-11-6-7-22(10-11)14(23)9-21-15(24)12-4-2-3-5-13(12)16(17,18)19;/h2-5,11,20H,6-10H2,1H3,(H,21,24);1H. The number of hydrogen-bond donors (Lipinski definition) is 2. The van der Waals surface area contributed by atoms with Crippen LogP contribution in [0.3, 0.4) is 0 Å². The predicted molar refractivity (Wildman–Crippen MR) is 89.6 cm³/mol. The van der Waals surface area contributed by atoms with Crippen molar-refractivity contribution in [1.29, 1.82) is 0 Å². The summed E-state index contributed by atoms with van der Waals surface area (Å²) in [6.07, 6.45) is -3.75. The third-order valence-corrected chi connectivity index (χ3v) is 4.01. The van der Waals surface area contributed by atoms with Crippen LogP contribution in [0.15, 0.2) is 24.3 Å². The highest BCUT2D eigenvalue weighted by Crippen LogP contribution is 2.31. The van der Waals surface area contributed by atoms with Gasteiger partial charge in [-0.25, -0.2) is 0 Å². The molecule has 0 spiro atoms. The van der Waals surface area contributed by atoms with Crippen molar-refractivity contribution >= 4 is 24.2 Å². The van der Waals surface area contributed by atoms with Gasteiger partial charge in [-0.1, -0.05) is 12.1 Å². The van der Waals surface area contributed by atoms with Crippen LogP contribution in [0, 0.1) is 5.92 Å². The van der Waals surface area contributed by atoms with E-state index in [4.69, 9.17) is 0 Å². The number of likely N-dealkylation sites (tertiary alicyclic amines) is 1. The maximum absolute atomic E-state index is 12.9. The highest BCUT2D eigenvalue weighted by molar-refractivity contribution is 5.97. The van der Waals surface area contributed by atoms with Crippen LogP contribution in [0.4, 0.5) is 13.2 Å². The lowest BCUT2D eigenvalue weighted by Gasteiger charge is -2.17. The normalized spacial score (nSPS) is 17.1. The second kappa shape index (κ2) is 9.05. The van der Waals surface area contributed by atoms with Crippen molar-refractivity contribution in [2.45, 2.75) is 12.6 Å². The molecule has 2 N–H and O–H groups in total. The van der Waals surface area contributed by atoms with E-state index < -0.39 is 23.2 Å². The Morgan fingerprint density at radius 3 is 2.60 bits per heavy atom. The number of amides is 2. The Balaban J connectivity index is 0.00000312. The molecule has 1 aromatic rings. The van der Waals surface area contributed by atoms with Crippen molar-refractivity contribution in [2.24, 2.45) is 5.92 Å². The van der Waals surface area contributed by atoms with E-state index in [0.29, 0.717) is 19.0 Å². The molecule has 1 aromatic carbocycles. The first-order valence-corrected chi connectivity index (χ1v) is 7.69. The van der Waals surface area contributed by atoms with Gasteiger partial charge in [-0.05, 0) is 38.1 Å². The fraction of sp³-hybridized carbons (Fsp3) is 0.500. The van der Waals surface area contributed by atoms with E-state index in [1.54, 1.807) is 4.90 Å². The van der Waals surface area contributed by atoms with E-state index in [0.717, 1.165) is 25.1 Å². The molecule has 0 aliphatic carbocycles. The third kappa shape index (κ3) is 5.61. The molecule has 1 saturated heterocycles. The molecule has 1 unspecified atom stereocenters. The summed E-state index contributed by atoms with van der Waals surface area (Å²) in [6.45, 7) is 1.68. The van der Waals surface area contributed by atoms with Gasteiger partial charge in [0.15, 0.2) is 0 Å². The monoisotopic (exact) mass is 379 g/mol. The molecule has 1 aliphatic rings. The number of nitrogens with one attached hydrogen (secondary N) is 2. The second-order valence-electron chi connectivity index (χ2n) is 5.78. The van der Waals surface area contributed by atoms with E-state index >= 15 is 0 Å². The van der Waals surface area contributed by atoms with Gasteiger partial charge in [0, 0.05) is 13.1 Å². The molecule has 1 heterocycles. The number of halogens is 4. The smallest absolute Gasteiger partial charge is 0.343 e. The molecule has 9 heteroatoms. The molecule has 2 rings (SSSR count). The lowest BCUT2D eigenvalue weighted by molar-refractivity contribution is -0.137. The Morgan fingerprint density at radius 2 is 1.96 bits per heavy atom. The zero-order valence-electron chi connectivity index (χ0n) is 13.7. The molecule has 140 valence electrons. The summed E-state index contributed by atoms with van der Waals surface area (Å²) in [7, 11) is 1.84. The van der Waals surface area contributed by atoms with Crippen molar-refractivity contribution < 1.29 is 22.8 Å². The minimum Gasteiger partial charge on any atom is -0.343 e. The lowest BCUT2D eigenvalue weighted by atomic mass is 10.1. The number of rotatable bonds is 5. The topological polar surface area (TPSA) is 61.4 Å². The van der Waals surface area contributed by atoms with Gasteiger partial charge in [0.1, 0.15) is 0 Å². The lowest BCUT2D eigenvalue weighted by Crippen LogP contribution is -2.39. The van der Waals surface area contributed by atoms with Gasteiger partial charge in [-0.2, -0.15) is 13.2 Å². The summed E-state index contributed by atoms with van der Waals surface area (Å²) in [4.78, 5) is 25.7. The van der Waals surface area contributed by atoms with Crippen LogP contribution < -0.4 is 10.6 Å². The Hall–Kier alpha value is -1.80. The highest BCUT2D eigenvalue weighted by Gasteiger charge is 2.35. The molecule has 0 aromatic heterocycles. The molecule has 0 saturated carbocycles. The summed E-state index contributed by atoms with van der Waals surface area (Å²) in [6, 6.07) is 4.52. The van der Waals surface area contributed by atoms with Crippen LogP contribution in [0.25, 0.3) is 0 Å². The SMILES string of the molecule is CNCC1CCN(C(=O)CNC(=O)c2ccccc2C(F)(F)F)C1.Cl. The van der Waals surface area contributed by atoms with Crippen LogP contribution in [0.1, 0.15) is 22.3 Å². The largest absolute Gasteiger partial charge is 0.417 e. The number of carbonyl (C=O) groups excluding carboxylic acids is 2. The zero-order valence-corrected chi connectivity index (χ0v) is 14.5. The van der Waals surface area contributed by atoms with Crippen molar-refractivity contribution in [2.75, 3.05) is 33.2 Å². The maximum Gasteiger partial charge on any atom is 0.417 e. The van der Waals surface area contributed by atoms with Crippen LogP contribution in [0.2, 0.25) is 0 Å². The van der Waals surface area contributed by atoms with Crippen molar-refractivity contribution in [3.63, 3.8) is 0 Å². The Kier molecular flexibility index (Phi) is 7.69. The fourth-order valence-corrected chi connectivity index (χ4v) is 2.81. The van der Waals surface area contributed by atoms with Crippen LogP contribution >= 0.6 is 12.4 Å². The van der Waals surface area contributed by atoms with E-state index in [1.807, 2.05) is 7.05 Å². The molecule has 1 aliphatic heterocycles. The molecule has 1 fully saturated rings. The predicted octanol–water partition coefficient (Wildman–Crippen LogP) is 1.92. The number of hydrogen-bond acceptors (Lipinski definition) is 3. The summed E-state index contributed by atoms with van der Waals surface area (Å²) in [5.41, 5.74) is -1.49. The average Bonchev–Trinajstić information content (AvgIpc) is 3.00. The van der Waals surface area contributed by atoms with Gasteiger partial charge in [-0.3, -0.25) is 9.59 Å². The van der Waals surface area contributed by atoms with Crippen LogP contribution in [0.5, 0.6) is 0 Å². The van der Waals surface area contributed by atoms with Crippen LogP contribution in [-0.4, -0.2) is 49.9 Å². The summed E-state index contributed by atoms with van der Waals surface area (Å²) in [5.74, 6) is -0.825. The summed E-state index contributed by atoms with van der Waals surface area (Å²) >= 11 is 0. The van der Waals surface area contributed by atoms with Crippen LogP contribution in [-0.2, 0) is 11.0 Å². The number of carbonyl (C=O) groups is 2. The number of alkyl halides is 3. The molecule has 1 atom stereocenters. The Morgan fingerprint density at radius 1 is 1.28 bits per heavy atom. The minimum absolute atomic E-state index is 0. The Bertz CT molecular complexity index is 611. The van der Waals surface area contributed by atoms with Crippen molar-refractivity contribution in [1.82, 2.24) is 15.5 Å². The van der Waals surface area contributed by atoms with E-state index in [9.17, 15) is 22.8 Å². The van der Waals surface area contributed by atoms with Gasteiger partial charge < -0.3 is 15.5 Å². The van der Waals surface area contributed by atoms with E-state index in [-0.39, 0.29) is 24.9 Å². The minimum atomic E-state index is -4.62. The Labute approximate surface area is 150 Å². The van der Waals surface area contributed by atoms with E-state index in [2.05, 4.69) is 10.6 Å². The first kappa shape index (κ1) is 21.2. The molecule has 5 nitrogen and oxygen atoms in total. The fourth-order valence-electron chi connectivity index (χ4n) is 2.81. The van der Waals surface area contributed by atoms with Crippen molar-refractivity contribution in [3.05, 3.63) is 35.4 Å². The highest BCUT2D eigenvalue weighted by atomic mass is 35.5. The maximum atomic E-state index is 12.9. The van der Waals surface area contributed by atoms with E-state index in [1.165, 1.54) is 12.1 Å². The molecular weight excluding hydrogens is 359 g/mol. The first-order chi connectivity index (χ1) is 11.3. The van der Waals surface area contributed by atoms with Gasteiger partial charge >= 0.3 is 6.18 Å². The first-order valence-electron chi connectivity index (χ1n) is 7.69. The summed E-state index contributed by atoms with van der Waals surface area (Å²) < 4.78 is 38.7. The van der Waals surface area contributed by atoms with Gasteiger partial charge in [0.2, 0.25) is 5.91 Å². The van der Waals surface area contributed by atoms with Crippen molar-refractivity contribution in [3.8, 4) is 0 Å². The molecule has 0 radical (unpaired) electrons. The third-order valence-electron chi connectivity index (χ3n) is 4.01. The molecule has 25 heavy (non-hydrogen) atoms. The molecule has 2 amide bonds. The quantitative estimate of drug-likeness (QED) is 0.821. The second-order valence-corrected chi connectivity index (χ2v) is 5.78. The summed E-state index contributed by atoms with van der Waals surface area (Å²) in [5, 5.41) is 5.34. The number of benzene rings is 1. The molecular formula is C16H21ClF3N3O2. The van der Waals surface area contributed by atoms with Gasteiger partial charge in [-0.15, -0.1) is 12.4 Å². The number of nitrogens with zero attached hydrogens (tertiary/aromatic N) is 1. The van der Waals surface area contributed by atoms with Gasteiger partial charge in [0.05, 0.1) is 17.7 Å².